The minimum absolute atomic E-state index is 0.0672. The lowest BCUT2D eigenvalue weighted by molar-refractivity contribution is -0.146. The highest BCUT2D eigenvalue weighted by atomic mass is 16.5. The quantitative estimate of drug-likeness (QED) is 0.631. The number of aromatic nitrogens is 4. The van der Waals surface area contributed by atoms with Crippen molar-refractivity contribution in [2.75, 3.05) is 21.3 Å². The maximum absolute atomic E-state index is 12.3. The van der Waals surface area contributed by atoms with Crippen LogP contribution in [0.5, 0.6) is 11.5 Å². The van der Waals surface area contributed by atoms with Gasteiger partial charge >= 0.3 is 5.97 Å². The molecule has 1 aromatic carbocycles. The Kier molecular flexibility index (Phi) is 7.30. The van der Waals surface area contributed by atoms with E-state index in [1.165, 1.54) is 14.2 Å². The predicted molar refractivity (Wildman–Crippen MR) is 99.8 cm³/mol. The minimum atomic E-state index is -0.726. The van der Waals surface area contributed by atoms with Crippen LogP contribution in [0.2, 0.25) is 0 Å². The number of tetrazole rings is 1. The van der Waals surface area contributed by atoms with Gasteiger partial charge in [-0.1, -0.05) is 20.3 Å². The molecule has 0 radical (unpaired) electrons. The second kappa shape index (κ2) is 9.67. The smallest absolute Gasteiger partial charge is 0.328 e. The molecule has 1 heterocycles. The molecule has 2 rings (SSSR count). The minimum Gasteiger partial charge on any atom is -0.493 e. The Hall–Kier alpha value is -3.17. The zero-order valence-electron chi connectivity index (χ0n) is 16.6. The molecular formula is C18H25N5O5. The highest BCUT2D eigenvalue weighted by Crippen LogP contribution is 2.30. The average Bonchev–Trinajstić information content (AvgIpc) is 3.18. The van der Waals surface area contributed by atoms with Gasteiger partial charge in [0.2, 0.25) is 11.7 Å². The summed E-state index contributed by atoms with van der Waals surface area (Å²) in [5, 5.41) is 14.7. The summed E-state index contributed by atoms with van der Waals surface area (Å²) in [5.74, 6) is 0.482. The third kappa shape index (κ3) is 4.96. The average molecular weight is 391 g/mol. The molecule has 10 heteroatoms. The number of methoxy groups -OCH3 is 3. The molecule has 152 valence electrons. The summed E-state index contributed by atoms with van der Waals surface area (Å²) in [5.41, 5.74) is 0.663. The van der Waals surface area contributed by atoms with E-state index in [4.69, 9.17) is 14.2 Å². The fraction of sp³-hybridized carbons (Fsp3) is 0.500. The highest BCUT2D eigenvalue weighted by molar-refractivity contribution is 5.84. The van der Waals surface area contributed by atoms with Crippen LogP contribution in [0.25, 0.3) is 11.4 Å². The summed E-state index contributed by atoms with van der Waals surface area (Å²) in [7, 11) is 4.37. The number of ether oxygens (including phenoxy) is 3. The van der Waals surface area contributed by atoms with Crippen LogP contribution in [-0.4, -0.2) is 59.5 Å². The number of rotatable bonds is 9. The second-order valence-electron chi connectivity index (χ2n) is 6.17. The molecule has 28 heavy (non-hydrogen) atoms. The molecule has 0 fully saturated rings. The fourth-order valence-corrected chi connectivity index (χ4v) is 2.54. The van der Waals surface area contributed by atoms with Crippen molar-refractivity contribution < 1.29 is 23.8 Å². The van der Waals surface area contributed by atoms with Gasteiger partial charge in [-0.05, 0) is 29.3 Å². The first-order valence-electron chi connectivity index (χ1n) is 8.80. The van der Waals surface area contributed by atoms with Gasteiger partial charge in [0, 0.05) is 5.56 Å². The molecule has 2 aromatic rings. The molecule has 0 aliphatic rings. The number of carbonyl (C=O) groups excluding carboxylic acids is 2. The Morgan fingerprint density at radius 1 is 1.18 bits per heavy atom. The van der Waals surface area contributed by atoms with Crippen molar-refractivity contribution >= 4 is 11.9 Å². The van der Waals surface area contributed by atoms with Crippen LogP contribution >= 0.6 is 0 Å². The SMILES string of the molecule is CC[C@@H](C)[C@H](NC(=O)Cn1nnc(-c2ccc(OC)c(OC)c2)n1)C(=O)OC. The topological polar surface area (TPSA) is 117 Å². The van der Waals surface area contributed by atoms with E-state index in [-0.39, 0.29) is 12.5 Å². The number of benzene rings is 1. The number of nitrogens with one attached hydrogen (secondary N) is 1. The maximum Gasteiger partial charge on any atom is 0.328 e. The largest absolute Gasteiger partial charge is 0.493 e. The molecule has 0 aliphatic heterocycles. The molecule has 0 spiro atoms. The van der Waals surface area contributed by atoms with E-state index in [9.17, 15) is 9.59 Å². The van der Waals surface area contributed by atoms with Gasteiger partial charge < -0.3 is 19.5 Å². The number of nitrogens with zero attached hydrogens (tertiary/aromatic N) is 4. The lowest BCUT2D eigenvalue weighted by Gasteiger charge is -2.21. The first kappa shape index (κ1) is 21.1. The van der Waals surface area contributed by atoms with Crippen molar-refractivity contribution in [2.45, 2.75) is 32.9 Å². The molecule has 0 unspecified atom stereocenters. The van der Waals surface area contributed by atoms with Gasteiger partial charge in [0.15, 0.2) is 11.5 Å². The Morgan fingerprint density at radius 3 is 2.50 bits per heavy atom. The summed E-state index contributed by atoms with van der Waals surface area (Å²) < 4.78 is 15.2. The fourth-order valence-electron chi connectivity index (χ4n) is 2.54. The summed E-state index contributed by atoms with van der Waals surface area (Å²) in [6, 6.07) is 4.49. The van der Waals surface area contributed by atoms with Crippen LogP contribution in [0.1, 0.15) is 20.3 Å². The van der Waals surface area contributed by atoms with Crippen molar-refractivity contribution in [3.63, 3.8) is 0 Å². The third-order valence-corrected chi connectivity index (χ3v) is 4.36. The number of esters is 1. The molecule has 1 N–H and O–H groups in total. The van der Waals surface area contributed by atoms with Crippen LogP contribution < -0.4 is 14.8 Å². The van der Waals surface area contributed by atoms with Crippen molar-refractivity contribution in [1.29, 1.82) is 0 Å². The van der Waals surface area contributed by atoms with Crippen LogP contribution in [0.3, 0.4) is 0 Å². The lowest BCUT2D eigenvalue weighted by Crippen LogP contribution is -2.46. The summed E-state index contributed by atoms with van der Waals surface area (Å²) in [6.45, 7) is 3.62. The highest BCUT2D eigenvalue weighted by Gasteiger charge is 2.27. The Bertz CT molecular complexity index is 822. The third-order valence-electron chi connectivity index (χ3n) is 4.36. The predicted octanol–water partition coefficient (Wildman–Crippen LogP) is 1.06. The molecule has 1 aromatic heterocycles. The molecule has 0 saturated carbocycles. The molecule has 0 saturated heterocycles. The van der Waals surface area contributed by atoms with Crippen molar-refractivity contribution in [3.05, 3.63) is 18.2 Å². The zero-order valence-corrected chi connectivity index (χ0v) is 16.6. The van der Waals surface area contributed by atoms with Crippen molar-refractivity contribution in [1.82, 2.24) is 25.5 Å². The second-order valence-corrected chi connectivity index (χ2v) is 6.17. The standard InChI is InChI=1S/C18H25N5O5/c1-6-11(2)16(18(25)28-5)19-15(24)10-23-21-17(20-22-23)12-7-8-13(26-3)14(9-12)27-4/h7-9,11,16H,6,10H2,1-5H3,(H,19,24)/t11-,16+/m1/s1. The molecular weight excluding hydrogens is 366 g/mol. The van der Waals surface area contributed by atoms with Gasteiger partial charge in [0.25, 0.3) is 0 Å². The summed E-state index contributed by atoms with van der Waals surface area (Å²) >= 11 is 0. The van der Waals surface area contributed by atoms with Gasteiger partial charge in [0.1, 0.15) is 12.6 Å². The van der Waals surface area contributed by atoms with Crippen LogP contribution in [0, 0.1) is 5.92 Å². The lowest BCUT2D eigenvalue weighted by atomic mass is 9.99. The molecule has 2 atom stereocenters. The normalized spacial score (nSPS) is 12.8. The van der Waals surface area contributed by atoms with E-state index in [1.54, 1.807) is 25.3 Å². The van der Waals surface area contributed by atoms with Gasteiger partial charge in [-0.2, -0.15) is 4.80 Å². The number of amides is 1. The Balaban J connectivity index is 2.09. The van der Waals surface area contributed by atoms with Gasteiger partial charge in [-0.25, -0.2) is 4.79 Å². The van der Waals surface area contributed by atoms with Crippen molar-refractivity contribution in [3.8, 4) is 22.9 Å². The number of carbonyl (C=O) groups is 2. The van der Waals surface area contributed by atoms with Gasteiger partial charge in [-0.15, -0.1) is 10.2 Å². The first-order valence-corrected chi connectivity index (χ1v) is 8.80. The molecule has 1 amide bonds. The van der Waals surface area contributed by atoms with Gasteiger partial charge in [-0.3, -0.25) is 4.79 Å². The van der Waals surface area contributed by atoms with E-state index in [0.29, 0.717) is 29.3 Å². The molecule has 0 bridgehead atoms. The van der Waals surface area contributed by atoms with Crippen LogP contribution in [-0.2, 0) is 20.9 Å². The van der Waals surface area contributed by atoms with E-state index >= 15 is 0 Å². The first-order chi connectivity index (χ1) is 13.4. The summed E-state index contributed by atoms with van der Waals surface area (Å²) in [4.78, 5) is 25.4. The maximum atomic E-state index is 12.3. The van der Waals surface area contributed by atoms with Gasteiger partial charge in [0.05, 0.1) is 21.3 Å². The molecule has 10 nitrogen and oxygen atoms in total. The Labute approximate surface area is 163 Å². The Morgan fingerprint density at radius 2 is 1.89 bits per heavy atom. The number of hydrogen-bond donors (Lipinski definition) is 1. The monoisotopic (exact) mass is 391 g/mol. The zero-order chi connectivity index (χ0) is 20.7. The summed E-state index contributed by atoms with van der Waals surface area (Å²) in [6.07, 6.45) is 0.713. The van der Waals surface area contributed by atoms with Crippen LogP contribution in [0.15, 0.2) is 18.2 Å². The number of hydrogen-bond acceptors (Lipinski definition) is 8. The van der Waals surface area contributed by atoms with Crippen LogP contribution in [0.4, 0.5) is 0 Å². The molecule has 0 aliphatic carbocycles. The van der Waals surface area contributed by atoms with E-state index < -0.39 is 17.9 Å². The van der Waals surface area contributed by atoms with E-state index in [0.717, 1.165) is 4.80 Å². The van der Waals surface area contributed by atoms with E-state index in [2.05, 4.69) is 20.7 Å². The van der Waals surface area contributed by atoms with Crippen molar-refractivity contribution in [2.24, 2.45) is 5.92 Å². The van der Waals surface area contributed by atoms with E-state index in [1.807, 2.05) is 13.8 Å².